The fourth-order valence-corrected chi connectivity index (χ4v) is 4.18. The van der Waals surface area contributed by atoms with Crippen LogP contribution in [0.3, 0.4) is 0 Å². The molecular formula is C24H30N2O6S. The normalized spacial score (nSPS) is 12.5. The van der Waals surface area contributed by atoms with Crippen molar-refractivity contribution in [1.82, 2.24) is 4.57 Å². The fraction of sp³-hybridized carbons (Fsp3) is 0.375. The first kappa shape index (κ1) is 24.6. The summed E-state index contributed by atoms with van der Waals surface area (Å²) in [5.41, 5.74) is 3.06. The second-order valence-electron chi connectivity index (χ2n) is 7.87. The molecule has 0 amide bonds. The summed E-state index contributed by atoms with van der Waals surface area (Å²) in [5, 5.41) is 13.3. The highest BCUT2D eigenvalue weighted by Gasteiger charge is 2.14. The van der Waals surface area contributed by atoms with Crippen molar-refractivity contribution >= 4 is 32.7 Å². The van der Waals surface area contributed by atoms with Gasteiger partial charge in [-0.25, -0.2) is 0 Å². The van der Waals surface area contributed by atoms with Gasteiger partial charge < -0.3 is 23.9 Å². The Morgan fingerprint density at radius 3 is 2.58 bits per heavy atom. The molecule has 2 aromatic carbocycles. The predicted octanol–water partition coefficient (Wildman–Crippen LogP) is 3.90. The number of hydrogen-bond donors (Lipinski definition) is 2. The second-order valence-corrected chi connectivity index (χ2v) is 9.45. The lowest BCUT2D eigenvalue weighted by Crippen LogP contribution is -2.20. The summed E-state index contributed by atoms with van der Waals surface area (Å²) in [6.07, 6.45) is 4.15. The summed E-state index contributed by atoms with van der Waals surface area (Å²) in [5.74, 6) is -0.548. The molecule has 0 spiro atoms. The molecule has 0 aliphatic rings. The van der Waals surface area contributed by atoms with Crippen LogP contribution in [0.1, 0.15) is 25.3 Å². The number of aromatic nitrogens is 1. The maximum atomic E-state index is 11.3. The van der Waals surface area contributed by atoms with E-state index in [4.69, 9.17) is 14.0 Å². The minimum Gasteiger partial charge on any atom is -0.481 e. The van der Waals surface area contributed by atoms with Crippen LogP contribution in [0.5, 0.6) is 5.75 Å². The van der Waals surface area contributed by atoms with Crippen LogP contribution in [0.2, 0.25) is 0 Å². The first-order chi connectivity index (χ1) is 15.7. The number of nitrogens with one attached hydrogen (secondary N) is 1. The van der Waals surface area contributed by atoms with Crippen molar-refractivity contribution in [3.05, 3.63) is 60.3 Å². The lowest BCUT2D eigenvalue weighted by molar-refractivity contribution is -0.140. The van der Waals surface area contributed by atoms with Crippen LogP contribution >= 0.6 is 0 Å². The zero-order valence-electron chi connectivity index (χ0n) is 18.9. The molecule has 1 atom stereocenters. The number of benzene rings is 2. The lowest BCUT2D eigenvalue weighted by atomic mass is 10.1. The van der Waals surface area contributed by atoms with Crippen molar-refractivity contribution < 1.29 is 27.2 Å². The number of ether oxygens (including phenoxy) is 1. The minimum absolute atomic E-state index is 0.00599. The van der Waals surface area contributed by atoms with Crippen molar-refractivity contribution in [3.8, 4) is 5.75 Å². The molecule has 1 aromatic heterocycles. The van der Waals surface area contributed by atoms with E-state index in [2.05, 4.69) is 9.88 Å². The SMILES string of the molecule is CCOC(CC(=O)O)Cc1ccc(NCCCn2ccc3cc(OS(C)(=O)=O)ccc32)cc1. The number of carboxylic acid groups (broad SMARTS) is 1. The molecule has 1 heterocycles. The molecule has 0 saturated carbocycles. The molecule has 0 bridgehead atoms. The molecule has 0 aliphatic heterocycles. The summed E-state index contributed by atoms with van der Waals surface area (Å²) in [4.78, 5) is 11.0. The molecule has 0 fully saturated rings. The van der Waals surface area contributed by atoms with Crippen molar-refractivity contribution in [2.24, 2.45) is 0 Å². The average Bonchev–Trinajstić information content (AvgIpc) is 3.13. The van der Waals surface area contributed by atoms with E-state index in [1.54, 1.807) is 12.1 Å². The topological polar surface area (TPSA) is 107 Å². The number of nitrogens with zero attached hydrogens (tertiary/aromatic N) is 1. The van der Waals surface area contributed by atoms with Gasteiger partial charge in [-0.2, -0.15) is 8.42 Å². The number of fused-ring (bicyclic) bond motifs is 1. The molecule has 0 radical (unpaired) electrons. The number of carboxylic acids is 1. The van der Waals surface area contributed by atoms with E-state index in [1.165, 1.54) is 0 Å². The Kier molecular flexibility index (Phi) is 8.35. The highest BCUT2D eigenvalue weighted by molar-refractivity contribution is 7.86. The van der Waals surface area contributed by atoms with Crippen molar-refractivity contribution in [2.75, 3.05) is 24.7 Å². The largest absolute Gasteiger partial charge is 0.481 e. The van der Waals surface area contributed by atoms with Gasteiger partial charge in [-0.3, -0.25) is 4.79 Å². The lowest BCUT2D eigenvalue weighted by Gasteiger charge is -2.15. The number of aliphatic carboxylic acids is 1. The van der Waals surface area contributed by atoms with Crippen LogP contribution in [0.25, 0.3) is 10.9 Å². The van der Waals surface area contributed by atoms with Gasteiger partial charge in [-0.05, 0) is 61.7 Å². The van der Waals surface area contributed by atoms with E-state index in [0.29, 0.717) is 18.8 Å². The minimum atomic E-state index is -3.54. The van der Waals surface area contributed by atoms with Gasteiger partial charge in [-0.15, -0.1) is 0 Å². The van der Waals surface area contributed by atoms with Crippen LogP contribution in [0.15, 0.2) is 54.7 Å². The number of rotatable bonds is 13. The molecule has 0 aliphatic carbocycles. The third-order valence-corrected chi connectivity index (χ3v) is 5.61. The third kappa shape index (κ3) is 7.80. The van der Waals surface area contributed by atoms with Crippen LogP contribution in [0, 0.1) is 0 Å². The van der Waals surface area contributed by atoms with Gasteiger partial charge in [0.05, 0.1) is 18.8 Å². The molecule has 0 saturated heterocycles. The maximum absolute atomic E-state index is 11.3. The molecular weight excluding hydrogens is 444 g/mol. The van der Waals surface area contributed by atoms with Gasteiger partial charge in [0.1, 0.15) is 5.75 Å². The molecule has 33 heavy (non-hydrogen) atoms. The summed E-state index contributed by atoms with van der Waals surface area (Å²) in [6.45, 7) is 3.95. The highest BCUT2D eigenvalue weighted by Crippen LogP contribution is 2.23. The smallest absolute Gasteiger partial charge is 0.306 e. The fourth-order valence-electron chi connectivity index (χ4n) is 3.72. The Morgan fingerprint density at radius 1 is 1.15 bits per heavy atom. The van der Waals surface area contributed by atoms with E-state index in [1.807, 2.05) is 49.5 Å². The number of carbonyl (C=O) groups is 1. The molecule has 3 rings (SSSR count). The summed E-state index contributed by atoms with van der Waals surface area (Å²) < 4.78 is 35.2. The van der Waals surface area contributed by atoms with E-state index < -0.39 is 16.1 Å². The van der Waals surface area contributed by atoms with Gasteiger partial charge >= 0.3 is 16.1 Å². The monoisotopic (exact) mass is 474 g/mol. The standard InChI is InChI=1S/C24H30N2O6S/c1-3-31-22(17-24(27)28)15-18-5-7-20(8-6-18)25-12-4-13-26-14-11-19-16-21(9-10-23(19)26)32-33(2,29)30/h5-11,14,16,22,25H,3-4,12-13,15,17H2,1-2H3,(H,27,28). The van der Waals surface area contributed by atoms with Crippen LogP contribution < -0.4 is 9.50 Å². The first-order valence-corrected chi connectivity index (χ1v) is 12.7. The van der Waals surface area contributed by atoms with Gasteiger partial charge in [-0.1, -0.05) is 12.1 Å². The van der Waals surface area contributed by atoms with Gasteiger partial charge in [0, 0.05) is 42.5 Å². The van der Waals surface area contributed by atoms with Crippen LogP contribution in [-0.2, 0) is 32.6 Å². The van der Waals surface area contributed by atoms with E-state index in [0.717, 1.165) is 47.9 Å². The molecule has 1 unspecified atom stereocenters. The quantitative estimate of drug-likeness (QED) is 0.286. The Morgan fingerprint density at radius 2 is 1.91 bits per heavy atom. The van der Waals surface area contributed by atoms with Crippen LogP contribution in [0.4, 0.5) is 5.69 Å². The number of aryl methyl sites for hydroxylation is 1. The zero-order valence-corrected chi connectivity index (χ0v) is 19.7. The number of hydrogen-bond acceptors (Lipinski definition) is 6. The van der Waals surface area contributed by atoms with E-state index in [9.17, 15) is 13.2 Å². The first-order valence-electron chi connectivity index (χ1n) is 10.9. The molecule has 9 heteroatoms. The molecule has 3 aromatic rings. The van der Waals surface area contributed by atoms with E-state index >= 15 is 0 Å². The third-order valence-electron chi connectivity index (χ3n) is 5.12. The zero-order chi connectivity index (χ0) is 23.8. The van der Waals surface area contributed by atoms with Gasteiger partial charge in [0.2, 0.25) is 0 Å². The summed E-state index contributed by atoms with van der Waals surface area (Å²) in [7, 11) is -3.54. The highest BCUT2D eigenvalue weighted by atomic mass is 32.2. The van der Waals surface area contributed by atoms with Crippen molar-refractivity contribution in [1.29, 1.82) is 0 Å². The van der Waals surface area contributed by atoms with E-state index in [-0.39, 0.29) is 12.5 Å². The molecule has 2 N–H and O–H groups in total. The average molecular weight is 475 g/mol. The maximum Gasteiger partial charge on any atom is 0.306 e. The predicted molar refractivity (Wildman–Crippen MR) is 128 cm³/mol. The van der Waals surface area contributed by atoms with Crippen molar-refractivity contribution in [3.63, 3.8) is 0 Å². The van der Waals surface area contributed by atoms with Crippen molar-refractivity contribution in [2.45, 2.75) is 38.8 Å². The van der Waals surface area contributed by atoms with Gasteiger partial charge in [0.25, 0.3) is 0 Å². The Bertz CT molecular complexity index is 1170. The second kappa shape index (κ2) is 11.2. The molecule has 178 valence electrons. The Hall–Kier alpha value is -3.04. The Balaban J connectivity index is 1.48. The Labute approximate surface area is 194 Å². The molecule has 8 nitrogen and oxygen atoms in total. The summed E-state index contributed by atoms with van der Waals surface area (Å²) in [6, 6.07) is 15.2. The number of anilines is 1. The summed E-state index contributed by atoms with van der Waals surface area (Å²) >= 11 is 0. The van der Waals surface area contributed by atoms with Gasteiger partial charge in [0.15, 0.2) is 0 Å². The van der Waals surface area contributed by atoms with Crippen LogP contribution in [-0.4, -0.2) is 49.6 Å².